The maximum atomic E-state index is 13.2. The third-order valence-electron chi connectivity index (χ3n) is 5.06. The van der Waals surface area contributed by atoms with Gasteiger partial charge in [0.1, 0.15) is 9.88 Å². The third kappa shape index (κ3) is 3.33. The van der Waals surface area contributed by atoms with E-state index in [9.17, 15) is 4.79 Å². The highest BCUT2D eigenvalue weighted by Gasteiger charge is 2.38. The van der Waals surface area contributed by atoms with Crippen LogP contribution in [-0.2, 0) is 4.74 Å². The van der Waals surface area contributed by atoms with Gasteiger partial charge in [-0.25, -0.2) is 4.98 Å². The van der Waals surface area contributed by atoms with Crippen LogP contribution >= 0.6 is 22.9 Å². The Morgan fingerprint density at radius 1 is 1.36 bits per heavy atom. The Balaban J connectivity index is 1.62. The molecule has 25 heavy (non-hydrogen) atoms. The minimum atomic E-state index is 0.100. The molecule has 0 bridgehead atoms. The molecule has 0 radical (unpaired) electrons. The molecule has 6 heteroatoms. The van der Waals surface area contributed by atoms with E-state index in [-0.39, 0.29) is 18.1 Å². The zero-order chi connectivity index (χ0) is 17.4. The van der Waals surface area contributed by atoms with Gasteiger partial charge in [0, 0.05) is 17.1 Å². The van der Waals surface area contributed by atoms with Gasteiger partial charge in [0.2, 0.25) is 0 Å². The lowest BCUT2D eigenvalue weighted by atomic mass is 9.90. The predicted octanol–water partition coefficient (Wildman–Crippen LogP) is 4.56. The number of rotatable bonds is 2. The Bertz CT molecular complexity index is 789. The fourth-order valence-electron chi connectivity index (χ4n) is 3.82. The highest BCUT2D eigenvalue weighted by Crippen LogP contribution is 2.33. The Kier molecular flexibility index (Phi) is 4.80. The van der Waals surface area contributed by atoms with Gasteiger partial charge in [-0.3, -0.25) is 4.79 Å². The van der Waals surface area contributed by atoms with Crippen molar-refractivity contribution in [2.24, 2.45) is 0 Å². The highest BCUT2D eigenvalue weighted by molar-refractivity contribution is 7.17. The van der Waals surface area contributed by atoms with Gasteiger partial charge in [0.25, 0.3) is 5.91 Å². The number of nitrogens with zero attached hydrogens (tertiary/aromatic N) is 2. The van der Waals surface area contributed by atoms with Gasteiger partial charge in [-0.05, 0) is 31.9 Å². The smallest absolute Gasteiger partial charge is 0.266 e. The topological polar surface area (TPSA) is 42.4 Å². The summed E-state index contributed by atoms with van der Waals surface area (Å²) in [7, 11) is 0. The number of fused-ring (bicyclic) bond motifs is 1. The summed E-state index contributed by atoms with van der Waals surface area (Å²) in [4.78, 5) is 20.6. The van der Waals surface area contributed by atoms with E-state index < -0.39 is 0 Å². The number of morpholine rings is 1. The van der Waals surface area contributed by atoms with Gasteiger partial charge < -0.3 is 9.64 Å². The summed E-state index contributed by atoms with van der Waals surface area (Å²) in [5.41, 5.74) is 1.75. The number of thiazole rings is 1. The molecule has 1 aromatic carbocycles. The number of hydrogen-bond acceptors (Lipinski definition) is 4. The molecule has 2 unspecified atom stereocenters. The van der Waals surface area contributed by atoms with E-state index in [4.69, 9.17) is 16.3 Å². The van der Waals surface area contributed by atoms with E-state index in [1.165, 1.54) is 24.2 Å². The molecule has 1 saturated heterocycles. The maximum Gasteiger partial charge on any atom is 0.266 e. The Morgan fingerprint density at radius 3 is 3.04 bits per heavy atom. The molecule has 1 aliphatic carbocycles. The molecule has 4 nitrogen and oxygen atoms in total. The quantitative estimate of drug-likeness (QED) is 0.771. The first-order valence-corrected chi connectivity index (χ1v) is 9.99. The third-order valence-corrected chi connectivity index (χ3v) is 6.48. The summed E-state index contributed by atoms with van der Waals surface area (Å²) < 4.78 is 5.90. The van der Waals surface area contributed by atoms with Crippen molar-refractivity contribution in [3.8, 4) is 10.6 Å². The van der Waals surface area contributed by atoms with Crippen LogP contribution < -0.4 is 0 Å². The first-order valence-electron chi connectivity index (χ1n) is 8.79. The van der Waals surface area contributed by atoms with Gasteiger partial charge >= 0.3 is 0 Å². The van der Waals surface area contributed by atoms with E-state index in [1.54, 1.807) is 0 Å². The first kappa shape index (κ1) is 17.0. The van der Waals surface area contributed by atoms with Crippen LogP contribution in [0.2, 0.25) is 5.02 Å². The minimum absolute atomic E-state index is 0.100. The first-order chi connectivity index (χ1) is 12.1. The zero-order valence-corrected chi connectivity index (χ0v) is 15.8. The monoisotopic (exact) mass is 376 g/mol. The molecule has 2 fully saturated rings. The molecular formula is C19H21ClN2O2S. The molecule has 132 valence electrons. The van der Waals surface area contributed by atoms with Crippen molar-refractivity contribution in [1.29, 1.82) is 0 Å². The number of carbonyl (C=O) groups excluding carboxylic acids is 1. The van der Waals surface area contributed by atoms with Crippen molar-refractivity contribution in [1.82, 2.24) is 9.88 Å². The maximum absolute atomic E-state index is 13.2. The van der Waals surface area contributed by atoms with Crippen molar-refractivity contribution >= 4 is 28.8 Å². The lowest BCUT2D eigenvalue weighted by molar-refractivity contribution is -0.0751. The molecular weight excluding hydrogens is 356 g/mol. The van der Waals surface area contributed by atoms with Gasteiger partial charge in [-0.2, -0.15) is 0 Å². The number of benzene rings is 1. The summed E-state index contributed by atoms with van der Waals surface area (Å²) in [6, 6.07) is 7.83. The second-order valence-electron chi connectivity index (χ2n) is 6.70. The lowest BCUT2D eigenvalue weighted by Crippen LogP contribution is -2.54. The van der Waals surface area contributed by atoms with Gasteiger partial charge in [-0.1, -0.05) is 36.6 Å². The molecule has 2 aliphatic rings. The molecule has 0 N–H and O–H groups in total. The number of hydrogen-bond donors (Lipinski definition) is 0. The summed E-state index contributed by atoms with van der Waals surface area (Å²) in [5, 5.41) is 1.52. The summed E-state index contributed by atoms with van der Waals surface area (Å²) >= 11 is 7.55. The van der Waals surface area contributed by atoms with E-state index in [1.807, 2.05) is 36.1 Å². The summed E-state index contributed by atoms with van der Waals surface area (Å²) in [6.45, 7) is 3.21. The van der Waals surface area contributed by atoms with Crippen LogP contribution in [0.1, 0.15) is 41.0 Å². The standard InChI is InChI=1S/C19H21ClN2O2S/c1-12-17(25-18(21-12)13-5-4-6-14(20)11-13)19(23)22-9-10-24-16-8-3-2-7-15(16)22/h4-6,11,15-16H,2-3,7-10H2,1H3. The fourth-order valence-corrected chi connectivity index (χ4v) is 5.03. The second kappa shape index (κ2) is 7.06. The Hall–Kier alpha value is -1.43. The predicted molar refractivity (Wildman–Crippen MR) is 100 cm³/mol. The van der Waals surface area contributed by atoms with Crippen molar-refractivity contribution < 1.29 is 9.53 Å². The molecule has 1 aromatic heterocycles. The number of halogens is 1. The normalized spacial score (nSPS) is 23.4. The largest absolute Gasteiger partial charge is 0.374 e. The van der Waals surface area contributed by atoms with Gasteiger partial charge in [-0.15, -0.1) is 11.3 Å². The minimum Gasteiger partial charge on any atom is -0.374 e. The van der Waals surface area contributed by atoms with Crippen molar-refractivity contribution in [2.75, 3.05) is 13.2 Å². The SMILES string of the molecule is Cc1nc(-c2cccc(Cl)c2)sc1C(=O)N1CCOC2CCCCC21. The van der Waals surface area contributed by atoms with E-state index in [0.717, 1.165) is 34.0 Å². The number of aromatic nitrogens is 1. The molecule has 0 spiro atoms. The summed E-state index contributed by atoms with van der Waals surface area (Å²) in [6.07, 6.45) is 4.66. The van der Waals surface area contributed by atoms with E-state index in [0.29, 0.717) is 18.2 Å². The average molecular weight is 377 g/mol. The van der Waals surface area contributed by atoms with Crippen LogP contribution in [0.25, 0.3) is 10.6 Å². The van der Waals surface area contributed by atoms with E-state index in [2.05, 4.69) is 4.98 Å². The Morgan fingerprint density at radius 2 is 2.20 bits per heavy atom. The number of aryl methyl sites for hydroxylation is 1. The lowest BCUT2D eigenvalue weighted by Gasteiger charge is -2.43. The van der Waals surface area contributed by atoms with Crippen LogP contribution in [0, 0.1) is 6.92 Å². The molecule has 1 amide bonds. The van der Waals surface area contributed by atoms with Crippen LogP contribution in [0.4, 0.5) is 0 Å². The average Bonchev–Trinajstić information content (AvgIpc) is 3.02. The Labute approximate surface area is 156 Å². The highest BCUT2D eigenvalue weighted by atomic mass is 35.5. The van der Waals surface area contributed by atoms with Crippen LogP contribution in [0.5, 0.6) is 0 Å². The molecule has 4 rings (SSSR count). The number of amides is 1. The van der Waals surface area contributed by atoms with Crippen LogP contribution in [0.15, 0.2) is 24.3 Å². The molecule has 2 atom stereocenters. The number of ether oxygens (including phenoxy) is 1. The van der Waals surface area contributed by atoms with Crippen LogP contribution in [-0.4, -0.2) is 41.1 Å². The van der Waals surface area contributed by atoms with Gasteiger partial charge in [0.15, 0.2) is 0 Å². The van der Waals surface area contributed by atoms with Crippen molar-refractivity contribution in [3.63, 3.8) is 0 Å². The second-order valence-corrected chi connectivity index (χ2v) is 8.14. The fraction of sp³-hybridized carbons (Fsp3) is 0.474. The van der Waals surface area contributed by atoms with Crippen molar-refractivity contribution in [3.05, 3.63) is 39.9 Å². The summed E-state index contributed by atoms with van der Waals surface area (Å²) in [5.74, 6) is 0.100. The van der Waals surface area contributed by atoms with Gasteiger partial charge in [0.05, 0.1) is 24.4 Å². The molecule has 1 saturated carbocycles. The molecule has 2 heterocycles. The van der Waals surface area contributed by atoms with Crippen molar-refractivity contribution in [2.45, 2.75) is 44.8 Å². The van der Waals surface area contributed by atoms with E-state index >= 15 is 0 Å². The molecule has 2 aromatic rings. The zero-order valence-electron chi connectivity index (χ0n) is 14.2. The van der Waals surface area contributed by atoms with Crippen LogP contribution in [0.3, 0.4) is 0 Å². The molecule has 1 aliphatic heterocycles. The number of carbonyl (C=O) groups is 1.